The number of nitrogen functional groups attached to an aromatic ring is 1. The zero-order valence-electron chi connectivity index (χ0n) is 12.0. The fourth-order valence-electron chi connectivity index (χ4n) is 2.13. The second-order valence-corrected chi connectivity index (χ2v) is 4.93. The number of anilines is 1. The third-order valence-electron chi connectivity index (χ3n) is 3.53. The molecule has 0 saturated carbocycles. The van der Waals surface area contributed by atoms with E-state index in [0.717, 1.165) is 24.1 Å². The number of rotatable bonds is 5. The van der Waals surface area contributed by atoms with Crippen LogP contribution in [0.4, 0.5) is 5.69 Å². The summed E-state index contributed by atoms with van der Waals surface area (Å²) in [6.07, 6.45) is 5.64. The predicted octanol–water partition coefficient (Wildman–Crippen LogP) is 3.63. The van der Waals surface area contributed by atoms with E-state index in [1.54, 1.807) is 5.54 Å². The molecule has 0 unspecified atom stereocenters. The molecule has 0 aromatic heterocycles. The maximum Gasteiger partial charge on any atom is 0.0379 e. The van der Waals surface area contributed by atoms with E-state index in [4.69, 9.17) is 23.1 Å². The van der Waals surface area contributed by atoms with Crippen molar-refractivity contribution in [3.63, 3.8) is 0 Å². The lowest BCUT2D eigenvalue weighted by atomic mass is 9.92. The first-order chi connectivity index (χ1) is 9.04. The number of nitrogens with two attached hydrogens (primary N) is 2. The SMILES string of the molecule is CCc1cc(CC(/C=C\CN)=C/Cl)c(C)c(C)c1N. The molecule has 0 aliphatic rings. The van der Waals surface area contributed by atoms with Crippen LogP contribution in [0.3, 0.4) is 0 Å². The van der Waals surface area contributed by atoms with Gasteiger partial charge in [0, 0.05) is 17.8 Å². The van der Waals surface area contributed by atoms with Gasteiger partial charge in [0.2, 0.25) is 0 Å². The largest absolute Gasteiger partial charge is 0.398 e. The van der Waals surface area contributed by atoms with Gasteiger partial charge < -0.3 is 11.5 Å². The monoisotopic (exact) mass is 278 g/mol. The molecule has 0 amide bonds. The highest BCUT2D eigenvalue weighted by Gasteiger charge is 2.10. The van der Waals surface area contributed by atoms with Crippen molar-refractivity contribution >= 4 is 17.3 Å². The van der Waals surface area contributed by atoms with Crippen LogP contribution in [-0.4, -0.2) is 6.54 Å². The highest BCUT2D eigenvalue weighted by atomic mass is 35.5. The van der Waals surface area contributed by atoms with Crippen molar-refractivity contribution in [2.75, 3.05) is 12.3 Å². The molecule has 1 aromatic rings. The number of aryl methyl sites for hydroxylation is 1. The summed E-state index contributed by atoms with van der Waals surface area (Å²) < 4.78 is 0. The Kier molecular flexibility index (Phi) is 6.13. The topological polar surface area (TPSA) is 52.0 Å². The summed E-state index contributed by atoms with van der Waals surface area (Å²) >= 11 is 5.87. The molecule has 2 nitrogen and oxygen atoms in total. The molecule has 4 N–H and O–H groups in total. The van der Waals surface area contributed by atoms with Crippen LogP contribution in [0.25, 0.3) is 0 Å². The molecule has 0 bridgehead atoms. The fraction of sp³-hybridized carbons (Fsp3) is 0.375. The number of allylic oxidation sites excluding steroid dienone is 2. The molecule has 0 fully saturated rings. The normalized spacial score (nSPS) is 12.4. The van der Waals surface area contributed by atoms with Gasteiger partial charge >= 0.3 is 0 Å². The van der Waals surface area contributed by atoms with Crippen LogP contribution in [0.1, 0.15) is 29.2 Å². The number of hydrogen-bond donors (Lipinski definition) is 2. The number of halogens is 1. The molecule has 0 spiro atoms. The molecular formula is C16H23ClN2. The molecule has 1 aromatic carbocycles. The second kappa shape index (κ2) is 7.37. The Hall–Kier alpha value is -1.25. The molecule has 0 aliphatic carbocycles. The van der Waals surface area contributed by atoms with Crippen LogP contribution in [0.15, 0.2) is 29.3 Å². The minimum absolute atomic E-state index is 0.522. The van der Waals surface area contributed by atoms with Gasteiger partial charge in [-0.15, -0.1) is 0 Å². The lowest BCUT2D eigenvalue weighted by Crippen LogP contribution is -2.03. The van der Waals surface area contributed by atoms with Gasteiger partial charge in [0.1, 0.15) is 0 Å². The summed E-state index contributed by atoms with van der Waals surface area (Å²) in [7, 11) is 0. The summed E-state index contributed by atoms with van der Waals surface area (Å²) in [5.41, 5.74) is 20.1. The average molecular weight is 279 g/mol. The zero-order chi connectivity index (χ0) is 14.4. The van der Waals surface area contributed by atoms with Gasteiger partial charge in [-0.25, -0.2) is 0 Å². The van der Waals surface area contributed by atoms with E-state index in [0.29, 0.717) is 6.54 Å². The summed E-state index contributed by atoms with van der Waals surface area (Å²) in [6, 6.07) is 2.19. The van der Waals surface area contributed by atoms with Crippen molar-refractivity contribution in [3.05, 3.63) is 51.6 Å². The Morgan fingerprint density at radius 1 is 1.26 bits per heavy atom. The molecule has 3 heteroatoms. The Labute approximate surface area is 121 Å². The van der Waals surface area contributed by atoms with Crippen LogP contribution in [0.2, 0.25) is 0 Å². The first-order valence-electron chi connectivity index (χ1n) is 6.58. The Balaban J connectivity index is 3.14. The first kappa shape index (κ1) is 15.8. The average Bonchev–Trinajstić information content (AvgIpc) is 2.43. The van der Waals surface area contributed by atoms with E-state index in [1.807, 2.05) is 12.2 Å². The van der Waals surface area contributed by atoms with Crippen molar-refractivity contribution in [1.82, 2.24) is 0 Å². The molecule has 0 heterocycles. The van der Waals surface area contributed by atoms with E-state index in [9.17, 15) is 0 Å². The molecule has 1 rings (SSSR count). The van der Waals surface area contributed by atoms with Crippen molar-refractivity contribution in [1.29, 1.82) is 0 Å². The molecule has 104 valence electrons. The molecule has 0 atom stereocenters. The van der Waals surface area contributed by atoms with Crippen molar-refractivity contribution in [2.24, 2.45) is 5.73 Å². The van der Waals surface area contributed by atoms with Gasteiger partial charge in [-0.3, -0.25) is 0 Å². The summed E-state index contributed by atoms with van der Waals surface area (Å²) in [5, 5.41) is 0. The fourth-order valence-corrected chi connectivity index (χ4v) is 2.28. The molecule has 19 heavy (non-hydrogen) atoms. The summed E-state index contributed by atoms with van der Waals surface area (Å²) in [4.78, 5) is 0. The predicted molar refractivity (Wildman–Crippen MR) is 85.5 cm³/mol. The van der Waals surface area contributed by atoms with Crippen molar-refractivity contribution in [2.45, 2.75) is 33.6 Å². The molecule has 0 radical (unpaired) electrons. The van der Waals surface area contributed by atoms with E-state index in [1.165, 1.54) is 22.3 Å². The quantitative estimate of drug-likeness (QED) is 0.638. The maximum absolute atomic E-state index is 6.14. The standard InChI is InChI=1S/C16H23ClN2/c1-4-14-9-15(11(2)12(3)16(14)19)8-13(10-17)6-5-7-18/h5-6,9-10H,4,7-8,18-19H2,1-3H3/b6-5-,13-10+. The van der Waals surface area contributed by atoms with Gasteiger partial charge in [0.25, 0.3) is 0 Å². The van der Waals surface area contributed by atoms with E-state index in [-0.39, 0.29) is 0 Å². The smallest absolute Gasteiger partial charge is 0.0379 e. The van der Waals surface area contributed by atoms with Crippen molar-refractivity contribution < 1.29 is 0 Å². The third-order valence-corrected chi connectivity index (χ3v) is 3.81. The lowest BCUT2D eigenvalue weighted by molar-refractivity contribution is 1.08. The minimum Gasteiger partial charge on any atom is -0.398 e. The highest BCUT2D eigenvalue weighted by molar-refractivity contribution is 6.25. The Morgan fingerprint density at radius 3 is 2.47 bits per heavy atom. The molecule has 0 aliphatic heterocycles. The highest BCUT2D eigenvalue weighted by Crippen LogP contribution is 2.27. The van der Waals surface area contributed by atoms with Gasteiger partial charge in [-0.2, -0.15) is 0 Å². The van der Waals surface area contributed by atoms with Gasteiger partial charge in [-0.1, -0.05) is 36.7 Å². The Bertz CT molecular complexity index is 502. The van der Waals surface area contributed by atoms with Gasteiger partial charge in [0.15, 0.2) is 0 Å². The third kappa shape index (κ3) is 3.85. The van der Waals surface area contributed by atoms with Gasteiger partial charge in [-0.05, 0) is 54.5 Å². The Morgan fingerprint density at radius 2 is 1.95 bits per heavy atom. The zero-order valence-corrected chi connectivity index (χ0v) is 12.7. The first-order valence-corrected chi connectivity index (χ1v) is 7.02. The summed E-state index contributed by atoms with van der Waals surface area (Å²) in [6.45, 7) is 6.83. The van der Waals surface area contributed by atoms with Crippen LogP contribution in [-0.2, 0) is 12.8 Å². The van der Waals surface area contributed by atoms with E-state index in [2.05, 4.69) is 26.8 Å². The lowest BCUT2D eigenvalue weighted by Gasteiger charge is -2.15. The minimum atomic E-state index is 0.522. The van der Waals surface area contributed by atoms with Crippen LogP contribution < -0.4 is 11.5 Å². The number of benzene rings is 1. The maximum atomic E-state index is 6.14. The van der Waals surface area contributed by atoms with Gasteiger partial charge in [0.05, 0.1) is 0 Å². The second-order valence-electron chi connectivity index (χ2n) is 4.71. The molecular weight excluding hydrogens is 256 g/mol. The molecule has 0 saturated heterocycles. The van der Waals surface area contributed by atoms with Crippen LogP contribution >= 0.6 is 11.6 Å². The number of hydrogen-bond acceptors (Lipinski definition) is 2. The van der Waals surface area contributed by atoms with E-state index >= 15 is 0 Å². The van der Waals surface area contributed by atoms with E-state index < -0.39 is 0 Å². The van der Waals surface area contributed by atoms with Crippen LogP contribution in [0, 0.1) is 13.8 Å². The van der Waals surface area contributed by atoms with Crippen molar-refractivity contribution in [3.8, 4) is 0 Å². The van der Waals surface area contributed by atoms with Crippen LogP contribution in [0.5, 0.6) is 0 Å². The summed E-state index contributed by atoms with van der Waals surface area (Å²) in [5.74, 6) is 0.